The molecule has 112 valence electrons. The monoisotopic (exact) mass is 318 g/mol. The molecule has 0 aliphatic rings. The van der Waals surface area contributed by atoms with Crippen LogP contribution in [-0.4, -0.2) is 23.2 Å². The van der Waals surface area contributed by atoms with Crippen LogP contribution in [0.4, 0.5) is 5.69 Å². The quantitative estimate of drug-likeness (QED) is 0.521. The summed E-state index contributed by atoms with van der Waals surface area (Å²) in [5.41, 5.74) is 0.175. The zero-order valence-electron chi connectivity index (χ0n) is 11.3. The first-order valence-corrected chi connectivity index (χ1v) is 6.67. The van der Waals surface area contributed by atoms with Crippen molar-refractivity contribution in [3.05, 3.63) is 74.8 Å². The highest BCUT2D eigenvalue weighted by Crippen LogP contribution is 2.21. The molecule has 22 heavy (non-hydrogen) atoms. The minimum absolute atomic E-state index is 0.0447. The van der Waals surface area contributed by atoms with Crippen LogP contribution in [0.1, 0.15) is 20.7 Å². The van der Waals surface area contributed by atoms with E-state index in [4.69, 9.17) is 11.6 Å². The molecule has 0 heterocycles. The number of nitrogens with zero attached hydrogens (tertiary/aromatic N) is 1. The summed E-state index contributed by atoms with van der Waals surface area (Å²) in [5.74, 6) is -0.909. The molecule has 0 aliphatic carbocycles. The fourth-order valence-electron chi connectivity index (χ4n) is 1.78. The summed E-state index contributed by atoms with van der Waals surface area (Å²) in [6.45, 7) is -0.220. The highest BCUT2D eigenvalue weighted by molar-refractivity contribution is 6.34. The molecule has 0 spiro atoms. The van der Waals surface area contributed by atoms with Gasteiger partial charge >= 0.3 is 0 Å². The number of Topliss-reactive ketones (excluding diaryl/α,β-unsaturated/α-hetero) is 1. The van der Waals surface area contributed by atoms with Gasteiger partial charge < -0.3 is 5.32 Å². The van der Waals surface area contributed by atoms with Gasteiger partial charge in [0.2, 0.25) is 0 Å². The summed E-state index contributed by atoms with van der Waals surface area (Å²) in [6.07, 6.45) is 0. The Balaban J connectivity index is 2.08. The Bertz CT molecular complexity index is 732. The van der Waals surface area contributed by atoms with E-state index in [0.717, 1.165) is 6.07 Å². The first-order chi connectivity index (χ1) is 10.5. The molecule has 2 aromatic carbocycles. The number of nitro benzene ring substituents is 1. The average Bonchev–Trinajstić information content (AvgIpc) is 2.53. The molecule has 7 heteroatoms. The van der Waals surface area contributed by atoms with E-state index in [9.17, 15) is 19.7 Å². The van der Waals surface area contributed by atoms with Crippen LogP contribution in [0.25, 0.3) is 0 Å². The molecule has 0 aliphatic heterocycles. The maximum absolute atomic E-state index is 12.0. The first-order valence-electron chi connectivity index (χ1n) is 6.29. The molecule has 1 N–H and O–H groups in total. The average molecular weight is 319 g/mol. The third kappa shape index (κ3) is 3.67. The van der Waals surface area contributed by atoms with Gasteiger partial charge in [-0.1, -0.05) is 41.9 Å². The van der Waals surface area contributed by atoms with Crippen molar-refractivity contribution < 1.29 is 14.5 Å². The second kappa shape index (κ2) is 6.82. The lowest BCUT2D eigenvalue weighted by Gasteiger charge is -2.06. The molecule has 0 unspecified atom stereocenters. The molecule has 2 aromatic rings. The van der Waals surface area contributed by atoms with Crippen molar-refractivity contribution in [2.75, 3.05) is 6.54 Å². The van der Waals surface area contributed by atoms with E-state index in [-0.39, 0.29) is 28.6 Å². The highest BCUT2D eigenvalue weighted by Gasteiger charge is 2.16. The Morgan fingerprint density at radius 1 is 1.14 bits per heavy atom. The molecule has 0 bridgehead atoms. The number of carbonyl (C=O) groups excluding carboxylic acids is 2. The van der Waals surface area contributed by atoms with E-state index >= 15 is 0 Å². The fraction of sp³-hybridized carbons (Fsp3) is 0.0667. The Hall–Kier alpha value is -2.73. The number of rotatable bonds is 5. The number of carbonyl (C=O) groups is 2. The van der Waals surface area contributed by atoms with Gasteiger partial charge in [-0.3, -0.25) is 19.7 Å². The number of hydrogen-bond donors (Lipinski definition) is 1. The maximum atomic E-state index is 12.0. The Kier molecular flexibility index (Phi) is 4.85. The summed E-state index contributed by atoms with van der Waals surface area (Å²) in [5, 5.41) is 13.2. The molecule has 0 aromatic heterocycles. The Morgan fingerprint density at radius 2 is 1.82 bits per heavy atom. The fourth-order valence-corrected chi connectivity index (χ4v) is 1.99. The summed E-state index contributed by atoms with van der Waals surface area (Å²) < 4.78 is 0. The third-order valence-electron chi connectivity index (χ3n) is 2.91. The van der Waals surface area contributed by atoms with Gasteiger partial charge in [0, 0.05) is 17.7 Å². The van der Waals surface area contributed by atoms with Crippen molar-refractivity contribution in [1.29, 1.82) is 0 Å². The number of nitrogens with one attached hydrogen (secondary N) is 1. The largest absolute Gasteiger partial charge is 0.345 e. The molecule has 2 rings (SSSR count). The van der Waals surface area contributed by atoms with Crippen LogP contribution in [0.15, 0.2) is 48.5 Å². The number of halogens is 1. The second-order valence-electron chi connectivity index (χ2n) is 4.39. The molecular weight excluding hydrogens is 308 g/mol. The van der Waals surface area contributed by atoms with Crippen LogP contribution in [0, 0.1) is 10.1 Å². The van der Waals surface area contributed by atoms with Gasteiger partial charge in [0.25, 0.3) is 11.6 Å². The number of nitro groups is 1. The van der Waals surface area contributed by atoms with Gasteiger partial charge in [-0.05, 0) is 6.07 Å². The van der Waals surface area contributed by atoms with Crippen LogP contribution in [0.2, 0.25) is 5.02 Å². The van der Waals surface area contributed by atoms with E-state index in [1.165, 1.54) is 12.1 Å². The van der Waals surface area contributed by atoms with Crippen molar-refractivity contribution in [3.8, 4) is 0 Å². The topological polar surface area (TPSA) is 89.3 Å². The van der Waals surface area contributed by atoms with E-state index in [1.807, 2.05) is 0 Å². The predicted molar refractivity (Wildman–Crippen MR) is 81.2 cm³/mol. The molecule has 0 saturated heterocycles. The summed E-state index contributed by atoms with van der Waals surface area (Å²) in [6, 6.07) is 12.0. The highest BCUT2D eigenvalue weighted by atomic mass is 35.5. The molecule has 0 saturated carbocycles. The van der Waals surface area contributed by atoms with Crippen LogP contribution in [-0.2, 0) is 0 Å². The van der Waals surface area contributed by atoms with E-state index < -0.39 is 10.8 Å². The lowest BCUT2D eigenvalue weighted by Crippen LogP contribution is -2.29. The molecule has 0 fully saturated rings. The molecule has 0 atom stereocenters. The summed E-state index contributed by atoms with van der Waals surface area (Å²) in [4.78, 5) is 34.0. The molecule has 1 amide bonds. The van der Waals surface area contributed by atoms with Crippen molar-refractivity contribution in [1.82, 2.24) is 5.32 Å². The van der Waals surface area contributed by atoms with Crippen LogP contribution >= 0.6 is 11.6 Å². The predicted octanol–water partition coefficient (Wildman–Crippen LogP) is 2.86. The molecule has 0 radical (unpaired) electrons. The van der Waals surface area contributed by atoms with Gasteiger partial charge in [-0.15, -0.1) is 0 Å². The van der Waals surface area contributed by atoms with Crippen LogP contribution in [0.5, 0.6) is 0 Å². The summed E-state index contributed by atoms with van der Waals surface area (Å²) >= 11 is 5.86. The normalized spacial score (nSPS) is 10.0. The zero-order chi connectivity index (χ0) is 16.1. The summed E-state index contributed by atoms with van der Waals surface area (Å²) in [7, 11) is 0. The Morgan fingerprint density at radius 3 is 2.45 bits per heavy atom. The molecule has 6 nitrogen and oxygen atoms in total. The third-order valence-corrected chi connectivity index (χ3v) is 3.24. The van der Waals surface area contributed by atoms with E-state index in [1.54, 1.807) is 30.3 Å². The first kappa shape index (κ1) is 15.7. The lowest BCUT2D eigenvalue weighted by atomic mass is 10.1. The molecular formula is C15H11ClN2O4. The number of amides is 1. The SMILES string of the molecule is O=C(CNC(=O)c1cc([N+](=O)[O-])ccc1Cl)c1ccccc1. The van der Waals surface area contributed by atoms with E-state index in [0.29, 0.717) is 5.56 Å². The number of hydrogen-bond acceptors (Lipinski definition) is 4. The minimum Gasteiger partial charge on any atom is -0.345 e. The van der Waals surface area contributed by atoms with Gasteiger partial charge in [-0.2, -0.15) is 0 Å². The van der Waals surface area contributed by atoms with Crippen LogP contribution in [0.3, 0.4) is 0 Å². The Labute approximate surface area is 130 Å². The van der Waals surface area contributed by atoms with Crippen molar-refractivity contribution >= 4 is 29.0 Å². The van der Waals surface area contributed by atoms with Gasteiger partial charge in [-0.25, -0.2) is 0 Å². The van der Waals surface area contributed by atoms with Crippen molar-refractivity contribution in [3.63, 3.8) is 0 Å². The van der Waals surface area contributed by atoms with Gasteiger partial charge in [0.15, 0.2) is 5.78 Å². The van der Waals surface area contributed by atoms with Crippen molar-refractivity contribution in [2.24, 2.45) is 0 Å². The van der Waals surface area contributed by atoms with E-state index in [2.05, 4.69) is 5.32 Å². The van der Waals surface area contributed by atoms with Gasteiger partial charge in [0.1, 0.15) is 0 Å². The van der Waals surface area contributed by atoms with Crippen LogP contribution < -0.4 is 5.32 Å². The second-order valence-corrected chi connectivity index (χ2v) is 4.80. The van der Waals surface area contributed by atoms with Crippen molar-refractivity contribution in [2.45, 2.75) is 0 Å². The van der Waals surface area contributed by atoms with Gasteiger partial charge in [0.05, 0.1) is 22.1 Å². The lowest BCUT2D eigenvalue weighted by molar-refractivity contribution is -0.384. The number of non-ortho nitro benzene ring substituents is 1. The maximum Gasteiger partial charge on any atom is 0.270 e. The standard InChI is InChI=1S/C15H11ClN2O4/c16-13-7-6-11(18(21)22)8-12(13)15(20)17-9-14(19)10-4-2-1-3-5-10/h1-8H,9H2,(H,17,20). The number of benzene rings is 2. The number of ketones is 1. The minimum atomic E-state index is -0.641. The smallest absolute Gasteiger partial charge is 0.270 e. The zero-order valence-corrected chi connectivity index (χ0v) is 12.0.